The van der Waals surface area contributed by atoms with E-state index in [1.54, 1.807) is 17.2 Å². The van der Waals surface area contributed by atoms with Crippen molar-refractivity contribution in [3.8, 4) is 5.82 Å². The molecular weight excluding hydrogens is 282 g/mol. The van der Waals surface area contributed by atoms with Crippen molar-refractivity contribution in [1.82, 2.24) is 25.1 Å². The van der Waals surface area contributed by atoms with Crippen molar-refractivity contribution in [1.29, 1.82) is 0 Å². The molecule has 22 heavy (non-hydrogen) atoms. The predicted octanol–water partition coefficient (Wildman–Crippen LogP) is 1.24. The lowest BCUT2D eigenvalue weighted by Gasteiger charge is -2.09. The molecule has 0 saturated carbocycles. The first-order valence-corrected chi connectivity index (χ1v) is 7.49. The molecule has 1 aliphatic rings. The highest BCUT2D eigenvalue weighted by molar-refractivity contribution is 5.75. The molecule has 1 saturated heterocycles. The number of hydrogen-bond donors (Lipinski definition) is 1. The molecule has 3 rings (SSSR count). The summed E-state index contributed by atoms with van der Waals surface area (Å²) in [4.78, 5) is 20.0. The van der Waals surface area contributed by atoms with Crippen LogP contribution < -0.4 is 5.32 Å². The maximum atomic E-state index is 11.8. The summed E-state index contributed by atoms with van der Waals surface area (Å²) in [6.45, 7) is 1.31. The van der Waals surface area contributed by atoms with E-state index in [4.69, 9.17) is 4.74 Å². The van der Waals surface area contributed by atoms with Crippen molar-refractivity contribution >= 4 is 5.91 Å². The summed E-state index contributed by atoms with van der Waals surface area (Å²) in [6, 6.07) is 3.77. The molecule has 0 radical (unpaired) electrons. The summed E-state index contributed by atoms with van der Waals surface area (Å²) in [5, 5.41) is 6.92. The normalized spacial score (nSPS) is 17.5. The molecular formula is C15H19N5O2. The zero-order chi connectivity index (χ0) is 15.2. The molecule has 7 heteroatoms. The Morgan fingerprint density at radius 2 is 2.41 bits per heavy atom. The van der Waals surface area contributed by atoms with Crippen LogP contribution in [-0.4, -0.2) is 38.4 Å². The lowest BCUT2D eigenvalue weighted by atomic mass is 10.1. The molecule has 2 aromatic heterocycles. The van der Waals surface area contributed by atoms with Crippen LogP contribution in [0.1, 0.15) is 31.2 Å². The zero-order valence-corrected chi connectivity index (χ0v) is 12.3. The Labute approximate surface area is 128 Å². The molecule has 2 aromatic rings. The topological polar surface area (TPSA) is 81.9 Å². The van der Waals surface area contributed by atoms with E-state index in [0.717, 1.165) is 31.4 Å². The van der Waals surface area contributed by atoms with Gasteiger partial charge in [0.1, 0.15) is 12.7 Å². The van der Waals surface area contributed by atoms with E-state index in [1.165, 1.54) is 6.33 Å². The lowest BCUT2D eigenvalue weighted by molar-refractivity contribution is -0.121. The quantitative estimate of drug-likeness (QED) is 0.868. The minimum Gasteiger partial charge on any atom is -0.378 e. The van der Waals surface area contributed by atoms with Crippen LogP contribution in [0.4, 0.5) is 0 Å². The monoisotopic (exact) mass is 301 g/mol. The van der Waals surface area contributed by atoms with E-state index in [1.807, 2.05) is 12.1 Å². The van der Waals surface area contributed by atoms with Crippen LogP contribution in [0.25, 0.3) is 5.82 Å². The number of pyridine rings is 1. The highest BCUT2D eigenvalue weighted by atomic mass is 16.5. The van der Waals surface area contributed by atoms with E-state index >= 15 is 0 Å². The molecule has 0 spiro atoms. The van der Waals surface area contributed by atoms with Crippen molar-refractivity contribution in [2.75, 3.05) is 6.61 Å². The molecule has 0 aliphatic carbocycles. The maximum Gasteiger partial charge on any atom is 0.220 e. The van der Waals surface area contributed by atoms with Gasteiger partial charge in [-0.15, -0.1) is 0 Å². The molecule has 1 atom stereocenters. The molecule has 3 heterocycles. The molecule has 1 N–H and O–H groups in total. The number of amides is 1. The largest absolute Gasteiger partial charge is 0.378 e. The fraction of sp³-hybridized carbons (Fsp3) is 0.467. The zero-order valence-electron chi connectivity index (χ0n) is 12.3. The Balaban J connectivity index is 1.43. The van der Waals surface area contributed by atoms with Gasteiger partial charge in [-0.25, -0.2) is 14.6 Å². The number of hydrogen-bond acceptors (Lipinski definition) is 5. The fourth-order valence-electron chi connectivity index (χ4n) is 2.44. The third kappa shape index (κ3) is 3.88. The summed E-state index contributed by atoms with van der Waals surface area (Å²) in [7, 11) is 0. The van der Waals surface area contributed by atoms with Crippen LogP contribution in [0.2, 0.25) is 0 Å². The summed E-state index contributed by atoms with van der Waals surface area (Å²) >= 11 is 0. The van der Waals surface area contributed by atoms with Crippen molar-refractivity contribution in [3.63, 3.8) is 0 Å². The number of ether oxygens (including phenoxy) is 1. The SMILES string of the molecule is O=C(CCC1CCCO1)NCc1ccc(-n2cncn2)nc1. The van der Waals surface area contributed by atoms with Crippen LogP contribution in [-0.2, 0) is 16.1 Å². The van der Waals surface area contributed by atoms with Gasteiger partial charge in [-0.3, -0.25) is 4.79 Å². The fourth-order valence-corrected chi connectivity index (χ4v) is 2.44. The molecule has 7 nitrogen and oxygen atoms in total. The van der Waals surface area contributed by atoms with Crippen LogP contribution >= 0.6 is 0 Å². The second-order valence-electron chi connectivity index (χ2n) is 5.32. The Morgan fingerprint density at radius 1 is 1.45 bits per heavy atom. The molecule has 1 amide bonds. The Morgan fingerprint density at radius 3 is 3.09 bits per heavy atom. The number of aromatic nitrogens is 4. The minimum atomic E-state index is 0.0517. The van der Waals surface area contributed by atoms with Crippen molar-refractivity contribution in [2.24, 2.45) is 0 Å². The highest BCUT2D eigenvalue weighted by Crippen LogP contribution is 2.16. The molecule has 1 unspecified atom stereocenters. The summed E-state index contributed by atoms with van der Waals surface area (Å²) < 4.78 is 7.10. The smallest absolute Gasteiger partial charge is 0.220 e. The Kier molecular flexibility index (Phi) is 4.75. The van der Waals surface area contributed by atoms with E-state index in [0.29, 0.717) is 18.8 Å². The second-order valence-corrected chi connectivity index (χ2v) is 5.32. The van der Waals surface area contributed by atoms with E-state index in [9.17, 15) is 4.79 Å². The second kappa shape index (κ2) is 7.13. The first kappa shape index (κ1) is 14.6. The first-order valence-electron chi connectivity index (χ1n) is 7.49. The van der Waals surface area contributed by atoms with Gasteiger partial charge in [0.15, 0.2) is 5.82 Å². The van der Waals surface area contributed by atoms with E-state index in [2.05, 4.69) is 20.4 Å². The molecule has 1 aliphatic heterocycles. The molecule has 0 bridgehead atoms. The third-order valence-corrected chi connectivity index (χ3v) is 3.67. The average molecular weight is 301 g/mol. The van der Waals surface area contributed by atoms with Gasteiger partial charge in [-0.05, 0) is 30.9 Å². The van der Waals surface area contributed by atoms with Crippen molar-refractivity contribution in [2.45, 2.75) is 38.3 Å². The van der Waals surface area contributed by atoms with Gasteiger partial charge in [0.25, 0.3) is 0 Å². The summed E-state index contributed by atoms with van der Waals surface area (Å²) in [5.41, 5.74) is 0.953. The van der Waals surface area contributed by atoms with Crippen LogP contribution in [0, 0.1) is 0 Å². The number of carbonyl (C=O) groups excluding carboxylic acids is 1. The van der Waals surface area contributed by atoms with Crippen LogP contribution in [0.5, 0.6) is 0 Å². The number of nitrogens with one attached hydrogen (secondary N) is 1. The van der Waals surface area contributed by atoms with Gasteiger partial charge in [0.2, 0.25) is 5.91 Å². The van der Waals surface area contributed by atoms with Crippen molar-refractivity contribution in [3.05, 3.63) is 36.5 Å². The van der Waals surface area contributed by atoms with Gasteiger partial charge < -0.3 is 10.1 Å². The summed E-state index contributed by atoms with van der Waals surface area (Å²) in [5.74, 6) is 0.752. The number of rotatable bonds is 6. The first-order chi connectivity index (χ1) is 10.8. The molecule has 1 fully saturated rings. The van der Waals surface area contributed by atoms with Gasteiger partial charge in [0.05, 0.1) is 6.10 Å². The van der Waals surface area contributed by atoms with Gasteiger partial charge in [-0.1, -0.05) is 6.07 Å². The van der Waals surface area contributed by atoms with E-state index < -0.39 is 0 Å². The number of carbonyl (C=O) groups is 1. The average Bonchev–Trinajstić information content (AvgIpc) is 3.24. The lowest BCUT2D eigenvalue weighted by Crippen LogP contribution is -2.24. The molecule has 0 aromatic carbocycles. The van der Waals surface area contributed by atoms with Gasteiger partial charge in [-0.2, -0.15) is 5.10 Å². The standard InChI is InChI=1S/C15H19N5O2/c21-15(6-4-13-2-1-7-22-13)18-9-12-3-5-14(17-8-12)20-11-16-10-19-20/h3,5,8,10-11,13H,1-2,4,6-7,9H2,(H,18,21). The third-order valence-electron chi connectivity index (χ3n) is 3.67. The van der Waals surface area contributed by atoms with Gasteiger partial charge >= 0.3 is 0 Å². The predicted molar refractivity (Wildman–Crippen MR) is 79.2 cm³/mol. The number of nitrogens with zero attached hydrogens (tertiary/aromatic N) is 4. The summed E-state index contributed by atoms with van der Waals surface area (Å²) in [6.07, 6.45) is 8.53. The Hall–Kier alpha value is -2.28. The van der Waals surface area contributed by atoms with E-state index in [-0.39, 0.29) is 12.0 Å². The van der Waals surface area contributed by atoms with Crippen LogP contribution in [0.15, 0.2) is 31.0 Å². The van der Waals surface area contributed by atoms with Gasteiger partial charge in [0, 0.05) is 25.8 Å². The highest BCUT2D eigenvalue weighted by Gasteiger charge is 2.16. The Bertz CT molecular complexity index is 591. The van der Waals surface area contributed by atoms with Crippen LogP contribution in [0.3, 0.4) is 0 Å². The van der Waals surface area contributed by atoms with Crippen molar-refractivity contribution < 1.29 is 9.53 Å². The maximum absolute atomic E-state index is 11.8. The molecule has 116 valence electrons. The minimum absolute atomic E-state index is 0.0517.